The summed E-state index contributed by atoms with van der Waals surface area (Å²) in [6.45, 7) is 3.19. The van der Waals surface area contributed by atoms with Gasteiger partial charge in [-0.05, 0) is 70.6 Å². The number of ether oxygens (including phenoxy) is 6. The third-order valence-electron chi connectivity index (χ3n) is 10.2. The first kappa shape index (κ1) is 55.3. The second-order valence-corrected chi connectivity index (χ2v) is 15.5. The molecule has 2 fully saturated rings. The molecule has 11 atom stereocenters. The van der Waals surface area contributed by atoms with Crippen LogP contribution in [0.1, 0.15) is 110 Å². The van der Waals surface area contributed by atoms with Crippen molar-refractivity contribution in [3.05, 3.63) is 85.1 Å². The summed E-state index contributed by atoms with van der Waals surface area (Å²) < 4.78 is 33.7. The SMILES string of the molecule is CC/C=C\C/C=C\C/C=C\C/C=C\C/C=C\C/C=C\C/C=C\CCCCCCOCC(COC1OC(COC2OC(CO)C(O)C(O)C2O)C(O)C(O)C1O)OC(=O)CCCC. The molecule has 2 aliphatic rings. The highest BCUT2D eigenvalue weighted by Crippen LogP contribution is 2.26. The number of carbonyl (C=O) groups excluding carboxylic acids is 1. The van der Waals surface area contributed by atoms with E-state index in [9.17, 15) is 40.5 Å². The van der Waals surface area contributed by atoms with Crippen LogP contribution in [0.2, 0.25) is 0 Å². The molecule has 0 aromatic heterocycles. The van der Waals surface area contributed by atoms with Gasteiger partial charge in [0.2, 0.25) is 0 Å². The molecule has 14 nitrogen and oxygen atoms in total. The average molecular weight is 879 g/mol. The molecule has 62 heavy (non-hydrogen) atoms. The Morgan fingerprint density at radius 2 is 1.03 bits per heavy atom. The molecular formula is C48H78O14. The molecule has 2 rings (SSSR count). The van der Waals surface area contributed by atoms with E-state index in [1.807, 2.05) is 6.92 Å². The molecule has 354 valence electrons. The Balaban J connectivity index is 1.63. The first-order valence-electron chi connectivity index (χ1n) is 22.7. The summed E-state index contributed by atoms with van der Waals surface area (Å²) in [6, 6.07) is 0. The molecular weight excluding hydrogens is 801 g/mol. The molecule has 0 aliphatic carbocycles. The zero-order chi connectivity index (χ0) is 45.2. The van der Waals surface area contributed by atoms with Crippen molar-refractivity contribution in [1.29, 1.82) is 0 Å². The quantitative estimate of drug-likeness (QED) is 0.0252. The third-order valence-corrected chi connectivity index (χ3v) is 10.2. The van der Waals surface area contributed by atoms with Gasteiger partial charge in [0.05, 0.1) is 26.4 Å². The number of hydrogen-bond donors (Lipinski definition) is 7. The number of allylic oxidation sites excluding steroid dienone is 14. The summed E-state index contributed by atoms with van der Waals surface area (Å²) in [5, 5.41) is 71.4. The number of carbonyl (C=O) groups is 1. The first-order valence-corrected chi connectivity index (χ1v) is 22.7. The summed E-state index contributed by atoms with van der Waals surface area (Å²) in [6.07, 6.45) is 28.0. The van der Waals surface area contributed by atoms with Crippen molar-refractivity contribution < 1.29 is 69.0 Å². The first-order chi connectivity index (χ1) is 30.1. The fraction of sp³-hybridized carbons (Fsp3) is 0.688. The molecule has 0 amide bonds. The van der Waals surface area contributed by atoms with E-state index in [1.165, 1.54) is 0 Å². The van der Waals surface area contributed by atoms with Gasteiger partial charge in [0.25, 0.3) is 0 Å². The van der Waals surface area contributed by atoms with Crippen LogP contribution in [0.4, 0.5) is 0 Å². The van der Waals surface area contributed by atoms with Crippen LogP contribution in [0.15, 0.2) is 85.1 Å². The number of hydrogen-bond acceptors (Lipinski definition) is 14. The summed E-state index contributed by atoms with van der Waals surface area (Å²) >= 11 is 0. The van der Waals surface area contributed by atoms with E-state index in [4.69, 9.17) is 28.4 Å². The van der Waals surface area contributed by atoms with Crippen molar-refractivity contribution in [2.24, 2.45) is 0 Å². The highest BCUT2D eigenvalue weighted by Gasteiger charge is 2.47. The van der Waals surface area contributed by atoms with Gasteiger partial charge in [-0.1, -0.05) is 118 Å². The second-order valence-electron chi connectivity index (χ2n) is 15.5. The maximum atomic E-state index is 12.5. The number of aliphatic hydroxyl groups excluding tert-OH is 7. The van der Waals surface area contributed by atoms with Gasteiger partial charge in [-0.2, -0.15) is 0 Å². The molecule has 11 unspecified atom stereocenters. The number of esters is 1. The molecule has 2 heterocycles. The van der Waals surface area contributed by atoms with Crippen molar-refractivity contribution in [1.82, 2.24) is 0 Å². The third kappa shape index (κ3) is 23.7. The molecule has 0 radical (unpaired) electrons. The molecule has 2 aliphatic heterocycles. The standard InChI is InChI=1S/C48H78O14/c1-3-5-7-8-9-10-11-12-13-14-15-16-17-18-19-20-21-22-23-24-25-26-27-28-29-30-32-57-34-37(60-40(50)31-6-4-2)35-58-47-46(56)44(54)42(52)39(62-47)36-59-48-45(55)43(53)41(51)38(33-49)61-48/h5,7,9-10,12-13,15-16,18-19,21-22,24-25,37-39,41-49,51-56H,3-4,6,8,11,14,17,20,23,26-36H2,1-2H3/b7-5-,10-9-,13-12-,16-15-,19-18-,22-21-,25-24-. The Morgan fingerprint density at radius 1 is 0.548 bits per heavy atom. The Bertz CT molecular complexity index is 1340. The van der Waals surface area contributed by atoms with Crippen LogP contribution in [-0.2, 0) is 33.2 Å². The summed E-state index contributed by atoms with van der Waals surface area (Å²) in [5.41, 5.74) is 0. The molecule has 7 N–H and O–H groups in total. The molecule has 14 heteroatoms. The van der Waals surface area contributed by atoms with Crippen molar-refractivity contribution in [3.8, 4) is 0 Å². The normalized spacial score (nSPS) is 28.0. The van der Waals surface area contributed by atoms with Crippen molar-refractivity contribution >= 4 is 5.97 Å². The molecule has 0 spiro atoms. The van der Waals surface area contributed by atoms with Crippen LogP contribution >= 0.6 is 0 Å². The Morgan fingerprint density at radius 3 is 1.56 bits per heavy atom. The van der Waals surface area contributed by atoms with Crippen molar-refractivity contribution in [2.75, 3.05) is 33.0 Å². The second kappa shape index (κ2) is 35.5. The Hall–Kier alpha value is -2.83. The van der Waals surface area contributed by atoms with Crippen molar-refractivity contribution in [2.45, 2.75) is 178 Å². The maximum Gasteiger partial charge on any atom is 0.306 e. The number of rotatable bonds is 33. The minimum atomic E-state index is -1.71. The van der Waals surface area contributed by atoms with Gasteiger partial charge in [-0.15, -0.1) is 0 Å². The van der Waals surface area contributed by atoms with Crippen LogP contribution in [0.3, 0.4) is 0 Å². The maximum absolute atomic E-state index is 12.5. The predicted octanol–water partition coefficient (Wildman–Crippen LogP) is 5.34. The molecule has 0 saturated carbocycles. The van der Waals surface area contributed by atoms with Gasteiger partial charge in [0, 0.05) is 13.0 Å². The average Bonchev–Trinajstić information content (AvgIpc) is 3.27. The van der Waals surface area contributed by atoms with Crippen molar-refractivity contribution in [3.63, 3.8) is 0 Å². The topological polar surface area (TPSA) is 214 Å². The highest BCUT2D eigenvalue weighted by atomic mass is 16.7. The summed E-state index contributed by atoms with van der Waals surface area (Å²) in [7, 11) is 0. The van der Waals surface area contributed by atoms with Gasteiger partial charge >= 0.3 is 5.97 Å². The van der Waals surface area contributed by atoms with Crippen LogP contribution in [0.25, 0.3) is 0 Å². The number of aliphatic hydroxyl groups is 7. The van der Waals surface area contributed by atoms with E-state index in [0.717, 1.165) is 83.5 Å². The van der Waals surface area contributed by atoms with Crippen LogP contribution in [-0.4, -0.2) is 142 Å². The fourth-order valence-electron chi connectivity index (χ4n) is 6.42. The molecule has 0 aromatic carbocycles. The van der Waals surface area contributed by atoms with Crippen LogP contribution < -0.4 is 0 Å². The monoisotopic (exact) mass is 879 g/mol. The zero-order valence-corrected chi connectivity index (χ0v) is 37.1. The summed E-state index contributed by atoms with van der Waals surface area (Å²) in [5.74, 6) is -0.427. The van der Waals surface area contributed by atoms with Gasteiger partial charge in [0.1, 0.15) is 54.9 Å². The largest absolute Gasteiger partial charge is 0.457 e. The van der Waals surface area contributed by atoms with E-state index in [-0.39, 0.29) is 19.6 Å². The lowest BCUT2D eigenvalue weighted by Gasteiger charge is -2.42. The fourth-order valence-corrected chi connectivity index (χ4v) is 6.42. The Kier molecular flexibility index (Phi) is 31.7. The lowest BCUT2D eigenvalue weighted by atomic mass is 9.98. The smallest absolute Gasteiger partial charge is 0.306 e. The van der Waals surface area contributed by atoms with Gasteiger partial charge in [0.15, 0.2) is 12.6 Å². The molecule has 2 saturated heterocycles. The van der Waals surface area contributed by atoms with E-state index < -0.39 is 86.7 Å². The van der Waals surface area contributed by atoms with Gasteiger partial charge in [-0.3, -0.25) is 4.79 Å². The summed E-state index contributed by atoms with van der Waals surface area (Å²) in [4.78, 5) is 12.5. The van der Waals surface area contributed by atoms with Gasteiger partial charge in [-0.25, -0.2) is 0 Å². The van der Waals surface area contributed by atoms with Crippen LogP contribution in [0.5, 0.6) is 0 Å². The van der Waals surface area contributed by atoms with E-state index >= 15 is 0 Å². The molecule has 0 aromatic rings. The van der Waals surface area contributed by atoms with Gasteiger partial charge < -0.3 is 64.2 Å². The minimum absolute atomic E-state index is 0.0346. The highest BCUT2D eigenvalue weighted by molar-refractivity contribution is 5.69. The van der Waals surface area contributed by atoms with E-state index in [2.05, 4.69) is 92.0 Å². The van der Waals surface area contributed by atoms with E-state index in [0.29, 0.717) is 13.0 Å². The minimum Gasteiger partial charge on any atom is -0.457 e. The zero-order valence-electron chi connectivity index (χ0n) is 37.1. The number of unbranched alkanes of at least 4 members (excludes halogenated alkanes) is 5. The predicted molar refractivity (Wildman–Crippen MR) is 238 cm³/mol. The Labute approximate surface area is 369 Å². The molecule has 0 bridgehead atoms. The lowest BCUT2D eigenvalue weighted by Crippen LogP contribution is -2.61. The lowest BCUT2D eigenvalue weighted by molar-refractivity contribution is -0.332. The van der Waals surface area contributed by atoms with E-state index in [1.54, 1.807) is 0 Å². The van der Waals surface area contributed by atoms with Crippen LogP contribution in [0, 0.1) is 0 Å².